The minimum Gasteiger partial charge on any atom is -0.508 e. The molecule has 35 N–H and O–H groups in total. The Bertz CT molecular complexity index is 4880. The number of phenols is 2. The molecule has 6 rings (SSSR count). The topological polar surface area (TPSA) is 776 Å². The van der Waals surface area contributed by atoms with Crippen molar-refractivity contribution in [2.24, 2.45) is 46.2 Å². The Kier molecular flexibility index (Phi) is 45.4. The van der Waals surface area contributed by atoms with E-state index in [1.807, 2.05) is 6.92 Å². The molecule has 0 aliphatic carbocycles. The highest BCUT2D eigenvalue weighted by atomic mass is 32.1. The fourth-order valence-corrected chi connectivity index (χ4v) is 15.3. The second-order valence-corrected chi connectivity index (χ2v) is 34.5. The first-order valence-electron chi connectivity index (χ1n) is 45.5. The number of aliphatic hydroxyl groups excluding tert-OH is 1. The number of phenolic OH excluding ortho intramolecular Hbond substituents is 2. The van der Waals surface area contributed by atoms with Crippen molar-refractivity contribution in [2.75, 3.05) is 45.9 Å². The third-order valence-corrected chi connectivity index (χ3v) is 22.7. The molecular formula is C90H133N25O21S. The number of ether oxygens (including phenoxy) is 2. The van der Waals surface area contributed by atoms with Gasteiger partial charge in [-0.1, -0.05) is 102 Å². The predicted octanol–water partition coefficient (Wildman–Crippen LogP) is -2.71. The molecule has 0 saturated carbocycles. The molecule has 4 aromatic carbocycles. The van der Waals surface area contributed by atoms with E-state index in [0.717, 1.165) is 0 Å². The standard InChI is InChI=1S/C90H133N25O21S/c1-7-8-21-59(80(128)115-72(48(4)5)85(132)133)108-75(123)60(23-13-15-36-92)109-79(127)64(33-34-70(93)119)111-77(125)62(25-17-38-101-88(96)97)110-82(130)65(40-47(2)3)112-83(131)67(46-116)105-71(120)45-103-74(122)58(22-12-14-35-91)107-76(124)61(24-16-37-100-87(94)95)106-73(121)49(6)104-81(129)66(41-50-19-10-9-11-20-50)113-78(126)63(26-18-39-102-89(98)99)114-84(137)51-27-30-55-54(42-51)86(134)136-90(55)56-31-28-52(117)43-68(56)135-69-44-53(118)29-32-57(69)90/h9-11,19-20,27-32,42-44,47-49,58-67,72,116-118H,7-8,12-18,21-26,33-41,45-46,91-92H2,1-6H3,(H2,93,119)(H,103,122)(H,104,129)(H,105,120)(H,106,121)(H,107,124)(H,108,123)(H,109,127)(H,110,130)(H,111,125)(H,112,131)(H,113,126)(H,114,137)(H,115,128)(H,132,133)(H4,94,95,100)(H4,96,97,101)(H4,98,99,102)/t49-,58-,59-,60-,61-,62-,63-,64-,65-,66-,67-,72-/m0/s1. The number of guanidine groups is 3. The normalized spacial score (nSPS) is 14.6. The number of fused-ring (bicyclic) bond motifs is 6. The third kappa shape index (κ3) is 35.3. The molecule has 0 saturated heterocycles. The summed E-state index contributed by atoms with van der Waals surface area (Å²) in [5.74, 6) is -16.4. The predicted molar refractivity (Wildman–Crippen MR) is 507 cm³/mol. The lowest BCUT2D eigenvalue weighted by atomic mass is 9.77. The van der Waals surface area contributed by atoms with Crippen LogP contribution in [0.1, 0.15) is 195 Å². The van der Waals surface area contributed by atoms with Gasteiger partial charge in [0.25, 0.3) is 0 Å². The van der Waals surface area contributed by atoms with E-state index in [2.05, 4.69) is 85.1 Å². The number of nitrogens with two attached hydrogens (primary N) is 6. The monoisotopic (exact) mass is 1930 g/mol. The number of hydrogen-bond acceptors (Lipinski definition) is 26. The van der Waals surface area contributed by atoms with Crippen LogP contribution in [0.25, 0.3) is 0 Å². The summed E-state index contributed by atoms with van der Waals surface area (Å²) in [6.45, 7) is 8.15. The van der Waals surface area contributed by atoms with E-state index >= 15 is 0 Å². The second-order valence-electron chi connectivity index (χ2n) is 34.1. The van der Waals surface area contributed by atoms with Crippen LogP contribution in [0.4, 0.5) is 0 Å². The average molecular weight is 1930 g/mol. The van der Waals surface area contributed by atoms with Crippen molar-refractivity contribution in [3.63, 3.8) is 0 Å². The quantitative estimate of drug-likeness (QED) is 0.00703. The van der Waals surface area contributed by atoms with Gasteiger partial charge in [-0.05, 0) is 164 Å². The molecule has 0 bridgehead atoms. The minimum absolute atomic E-state index is 0.00443. The number of aliphatic hydroxyl groups is 1. The fraction of sp³-hybridized carbons (Fsp3) is 0.522. The van der Waals surface area contributed by atoms with Crippen LogP contribution in [0.3, 0.4) is 0 Å². The number of aliphatic carboxylic acids is 1. The number of unbranched alkanes of at least 4 members (excludes halogenated alkanes) is 3. The number of nitrogens with one attached hydrogen (secondary N) is 19. The third-order valence-electron chi connectivity index (χ3n) is 22.3. The van der Waals surface area contributed by atoms with Gasteiger partial charge in [0, 0.05) is 66.9 Å². The number of carbonyl (C=O) groups is 15. The second kappa shape index (κ2) is 55.7. The zero-order valence-electron chi connectivity index (χ0n) is 77.7. The molecule has 1 spiro atoms. The first-order chi connectivity index (χ1) is 65.0. The number of thiocarbonyl (C=S) groups is 1. The van der Waals surface area contributed by atoms with E-state index in [-0.39, 0.29) is 167 Å². The van der Waals surface area contributed by atoms with Crippen LogP contribution < -0.4 is 124 Å². The van der Waals surface area contributed by atoms with E-state index in [1.165, 1.54) is 37.3 Å². The summed E-state index contributed by atoms with van der Waals surface area (Å²) in [5.41, 5.74) is 34.2. The fourth-order valence-electron chi connectivity index (χ4n) is 15.1. The van der Waals surface area contributed by atoms with Crippen LogP contribution in [0.2, 0.25) is 0 Å². The Morgan fingerprint density at radius 1 is 0.445 bits per heavy atom. The zero-order valence-corrected chi connectivity index (χ0v) is 78.5. The molecule has 750 valence electrons. The Morgan fingerprint density at radius 3 is 1.30 bits per heavy atom. The molecule has 0 fully saturated rings. The van der Waals surface area contributed by atoms with E-state index in [0.29, 0.717) is 47.9 Å². The Balaban J connectivity index is 1.15. The Morgan fingerprint density at radius 2 is 0.854 bits per heavy atom. The van der Waals surface area contributed by atoms with Gasteiger partial charge < -0.3 is 149 Å². The van der Waals surface area contributed by atoms with Crippen LogP contribution in [-0.2, 0) is 83.9 Å². The number of hydrogen-bond donors (Lipinski definition) is 29. The Labute approximate surface area is 798 Å². The lowest BCUT2D eigenvalue weighted by Crippen LogP contribution is -2.60. The average Bonchev–Trinajstić information content (AvgIpc) is 1.57. The molecule has 2 aliphatic heterocycles. The zero-order chi connectivity index (χ0) is 101. The molecule has 47 heteroatoms. The number of benzene rings is 4. The number of amides is 13. The molecule has 0 radical (unpaired) electrons. The first kappa shape index (κ1) is 112. The van der Waals surface area contributed by atoms with Gasteiger partial charge in [-0.2, -0.15) is 0 Å². The van der Waals surface area contributed by atoms with Gasteiger partial charge in [-0.15, -0.1) is 0 Å². The van der Waals surface area contributed by atoms with Crippen LogP contribution in [-0.4, -0.2) is 250 Å². The van der Waals surface area contributed by atoms with Gasteiger partial charge in [0.05, 0.1) is 18.7 Å². The van der Waals surface area contributed by atoms with Crippen molar-refractivity contribution in [3.05, 3.63) is 118 Å². The van der Waals surface area contributed by atoms with Gasteiger partial charge in [0.1, 0.15) is 100 Å². The van der Waals surface area contributed by atoms with Crippen LogP contribution in [0.15, 0.2) is 84.9 Å². The molecule has 137 heavy (non-hydrogen) atoms. The summed E-state index contributed by atoms with van der Waals surface area (Å²) < 4.78 is 12.3. The summed E-state index contributed by atoms with van der Waals surface area (Å²) in [5, 5.41) is 106. The molecule has 0 aromatic heterocycles. The van der Waals surface area contributed by atoms with Crippen LogP contribution in [0, 0.1) is 28.1 Å². The SMILES string of the molecule is CCCC[C@H](NC(=O)[C@H](CCCCN)NC(=O)[C@H](CCC(N)=O)NC(=O)[C@H](CCCNC(=N)N)NC(=O)[C@H](CC(C)C)NC(=O)[C@H](CO)NC(=O)CNC(=O)[C@H](CCCCN)NC(=O)[C@H](CCCNC(=N)N)NC(=O)[C@H](C)NC(=O)[C@H](Cc1ccccc1)NC(=O)[C@H](CCCNC(=N)N)NC(=S)c1ccc2c(c1)C(=O)OC21c2ccc(O)cc2Oc2cc(O)ccc21)C(=O)N[C@H](C(=O)O)C(C)C. The van der Waals surface area contributed by atoms with Gasteiger partial charge in [0.15, 0.2) is 23.5 Å². The van der Waals surface area contributed by atoms with Crippen molar-refractivity contribution in [2.45, 2.75) is 242 Å². The maximum absolute atomic E-state index is 14.9. The number of esters is 1. The first-order valence-corrected chi connectivity index (χ1v) is 45.9. The smallest absolute Gasteiger partial charge is 0.340 e. The molecule has 12 atom stereocenters. The van der Waals surface area contributed by atoms with Crippen LogP contribution in [0.5, 0.6) is 23.0 Å². The highest BCUT2D eigenvalue weighted by Crippen LogP contribution is 2.57. The van der Waals surface area contributed by atoms with Crippen molar-refractivity contribution < 1.29 is 102 Å². The molecule has 2 heterocycles. The highest BCUT2D eigenvalue weighted by Gasteiger charge is 2.54. The van der Waals surface area contributed by atoms with Crippen molar-refractivity contribution >= 4 is 124 Å². The summed E-state index contributed by atoms with van der Waals surface area (Å²) in [6, 6.07) is 4.26. The maximum atomic E-state index is 14.9. The summed E-state index contributed by atoms with van der Waals surface area (Å²) in [4.78, 5) is 210. The van der Waals surface area contributed by atoms with Gasteiger partial charge >= 0.3 is 11.9 Å². The number of primary amides is 1. The van der Waals surface area contributed by atoms with Crippen molar-refractivity contribution in [3.8, 4) is 23.0 Å². The Hall–Kier alpha value is -14.1. The lowest BCUT2D eigenvalue weighted by molar-refractivity contribution is -0.143. The van der Waals surface area contributed by atoms with Crippen LogP contribution >= 0.6 is 12.2 Å². The largest absolute Gasteiger partial charge is 0.508 e. The molecular weight excluding hydrogens is 1800 g/mol. The summed E-state index contributed by atoms with van der Waals surface area (Å²) >= 11 is 5.94. The van der Waals surface area contributed by atoms with Crippen molar-refractivity contribution in [1.82, 2.24) is 85.1 Å². The molecule has 46 nitrogen and oxygen atoms in total. The van der Waals surface area contributed by atoms with E-state index in [4.69, 9.17) is 72.3 Å². The van der Waals surface area contributed by atoms with Gasteiger partial charge in [0.2, 0.25) is 76.8 Å². The lowest BCUT2D eigenvalue weighted by Gasteiger charge is -2.36. The maximum Gasteiger partial charge on any atom is 0.340 e. The molecule has 2 aliphatic rings. The number of carboxylic acids is 1. The highest BCUT2D eigenvalue weighted by molar-refractivity contribution is 7.80. The molecule has 13 amide bonds. The van der Waals surface area contributed by atoms with E-state index in [9.17, 15) is 92.3 Å². The minimum atomic E-state index is -1.82. The summed E-state index contributed by atoms with van der Waals surface area (Å²) in [7, 11) is 0. The van der Waals surface area contributed by atoms with Gasteiger partial charge in [-0.25, -0.2) is 9.59 Å². The van der Waals surface area contributed by atoms with E-state index < -0.39 is 211 Å². The summed E-state index contributed by atoms with van der Waals surface area (Å²) in [6.07, 6.45) is 0.836. The number of aromatic hydroxyl groups is 2. The number of carbonyl (C=O) groups excluding carboxylic acids is 14. The number of rotatable bonds is 59. The van der Waals surface area contributed by atoms with Crippen molar-refractivity contribution in [1.29, 1.82) is 16.2 Å². The molecule has 4 aromatic rings. The van der Waals surface area contributed by atoms with E-state index in [1.54, 1.807) is 82.3 Å². The number of carboxylic acid groups (broad SMARTS) is 1. The van der Waals surface area contributed by atoms with Gasteiger partial charge in [-0.3, -0.25) is 78.6 Å². The molecule has 0 unspecified atom stereocenters.